The predicted octanol–water partition coefficient (Wildman–Crippen LogP) is 2.81. The summed E-state index contributed by atoms with van der Waals surface area (Å²) < 4.78 is 36.2. The molecule has 0 aliphatic carbocycles. The number of nitrogens with one attached hydrogen (secondary N) is 1. The third-order valence-corrected chi connectivity index (χ3v) is 4.95. The van der Waals surface area contributed by atoms with Crippen LogP contribution in [0.2, 0.25) is 0 Å². The zero-order valence-electron chi connectivity index (χ0n) is 15.9. The molecule has 146 valence electrons. The number of methoxy groups -OCH3 is 1. The van der Waals surface area contributed by atoms with Gasteiger partial charge in [0.15, 0.2) is 11.5 Å². The summed E-state index contributed by atoms with van der Waals surface area (Å²) in [6, 6.07) is 12.0. The van der Waals surface area contributed by atoms with Crippen molar-refractivity contribution in [2.45, 2.75) is 13.8 Å². The Hall–Kier alpha value is -2.74. The van der Waals surface area contributed by atoms with Crippen molar-refractivity contribution < 1.29 is 22.7 Å². The molecule has 0 aliphatic heterocycles. The topological polar surface area (TPSA) is 84.9 Å². The number of nitrogens with zero attached hydrogens (tertiary/aromatic N) is 1. The van der Waals surface area contributed by atoms with Gasteiger partial charge in [0.05, 0.1) is 25.7 Å². The lowest BCUT2D eigenvalue weighted by atomic mass is 10.2. The number of hydrogen-bond acceptors (Lipinski definition) is 5. The highest BCUT2D eigenvalue weighted by atomic mass is 32.2. The second kappa shape index (κ2) is 8.77. The van der Waals surface area contributed by atoms with Crippen molar-refractivity contribution in [2.75, 3.05) is 36.1 Å². The van der Waals surface area contributed by atoms with E-state index in [1.165, 1.54) is 7.11 Å². The number of para-hydroxylation sites is 1. The van der Waals surface area contributed by atoms with Crippen LogP contribution in [0.1, 0.15) is 12.5 Å². The molecule has 0 spiro atoms. The first-order valence-corrected chi connectivity index (χ1v) is 10.2. The Morgan fingerprint density at radius 3 is 2.44 bits per heavy atom. The van der Waals surface area contributed by atoms with Crippen molar-refractivity contribution >= 4 is 27.3 Å². The van der Waals surface area contributed by atoms with Gasteiger partial charge < -0.3 is 14.8 Å². The zero-order valence-corrected chi connectivity index (χ0v) is 16.7. The highest BCUT2D eigenvalue weighted by Gasteiger charge is 2.22. The number of amides is 1. The Morgan fingerprint density at radius 2 is 1.85 bits per heavy atom. The lowest BCUT2D eigenvalue weighted by molar-refractivity contribution is -0.114. The van der Waals surface area contributed by atoms with Gasteiger partial charge >= 0.3 is 0 Å². The Kier molecular flexibility index (Phi) is 6.68. The molecule has 1 amide bonds. The molecule has 27 heavy (non-hydrogen) atoms. The van der Waals surface area contributed by atoms with E-state index in [4.69, 9.17) is 9.47 Å². The number of anilines is 2. The molecule has 0 bridgehead atoms. The van der Waals surface area contributed by atoms with Crippen molar-refractivity contribution in [3.8, 4) is 11.5 Å². The molecule has 0 saturated carbocycles. The molecule has 0 radical (unpaired) electrons. The monoisotopic (exact) mass is 392 g/mol. The second-order valence-electron chi connectivity index (χ2n) is 5.90. The van der Waals surface area contributed by atoms with Gasteiger partial charge in [0.1, 0.15) is 6.54 Å². The minimum Gasteiger partial charge on any atom is -0.493 e. The average Bonchev–Trinajstić information content (AvgIpc) is 2.61. The molecule has 0 saturated heterocycles. The van der Waals surface area contributed by atoms with Crippen molar-refractivity contribution in [1.82, 2.24) is 0 Å². The van der Waals surface area contributed by atoms with Gasteiger partial charge in [-0.25, -0.2) is 8.42 Å². The van der Waals surface area contributed by atoms with E-state index in [0.29, 0.717) is 29.5 Å². The lowest BCUT2D eigenvalue weighted by Crippen LogP contribution is -2.37. The molecule has 0 aliphatic rings. The molecule has 2 aromatic carbocycles. The summed E-state index contributed by atoms with van der Waals surface area (Å²) in [5.74, 6) is 0.582. The number of ether oxygens (including phenoxy) is 2. The highest BCUT2D eigenvalue weighted by molar-refractivity contribution is 7.92. The lowest BCUT2D eigenvalue weighted by Gasteiger charge is -2.23. The Morgan fingerprint density at radius 1 is 1.15 bits per heavy atom. The second-order valence-corrected chi connectivity index (χ2v) is 7.81. The maximum absolute atomic E-state index is 12.5. The maximum atomic E-state index is 12.5. The number of benzene rings is 2. The fraction of sp³-hybridized carbons (Fsp3) is 0.316. The first kappa shape index (κ1) is 20.6. The van der Waals surface area contributed by atoms with Gasteiger partial charge in [0.2, 0.25) is 15.9 Å². The summed E-state index contributed by atoms with van der Waals surface area (Å²) in [5.41, 5.74) is 1.72. The summed E-state index contributed by atoms with van der Waals surface area (Å²) in [7, 11) is -2.12. The summed E-state index contributed by atoms with van der Waals surface area (Å²) in [5, 5.41) is 2.70. The Labute approximate surface area is 160 Å². The Balaban J connectivity index is 2.21. The normalized spacial score (nSPS) is 11.0. The maximum Gasteiger partial charge on any atom is 0.245 e. The summed E-state index contributed by atoms with van der Waals surface area (Å²) >= 11 is 0. The van der Waals surface area contributed by atoms with Crippen molar-refractivity contribution in [3.05, 3.63) is 48.0 Å². The summed E-state index contributed by atoms with van der Waals surface area (Å²) in [4.78, 5) is 12.5. The van der Waals surface area contributed by atoms with Crippen LogP contribution in [-0.2, 0) is 14.8 Å². The molecule has 2 aromatic rings. The SMILES string of the molecule is CCOc1ccc(NC(=O)CN(c2ccccc2C)S(C)(=O)=O)cc1OC. The zero-order chi connectivity index (χ0) is 20.0. The average molecular weight is 392 g/mol. The first-order chi connectivity index (χ1) is 12.8. The van der Waals surface area contributed by atoms with Crippen LogP contribution in [0, 0.1) is 6.92 Å². The molecule has 0 heterocycles. The standard InChI is InChI=1S/C19H24N2O5S/c1-5-26-17-11-10-15(12-18(17)25-3)20-19(22)13-21(27(4,23)24)16-9-7-6-8-14(16)2/h6-12H,5,13H2,1-4H3,(H,20,22). The molecule has 7 nitrogen and oxygen atoms in total. The number of aryl methyl sites for hydroxylation is 1. The predicted molar refractivity (Wildman–Crippen MR) is 106 cm³/mol. The van der Waals surface area contributed by atoms with Crippen LogP contribution in [0.5, 0.6) is 11.5 Å². The minimum atomic E-state index is -3.63. The molecular weight excluding hydrogens is 368 g/mol. The van der Waals surface area contributed by atoms with Crippen LogP contribution in [0.3, 0.4) is 0 Å². The van der Waals surface area contributed by atoms with E-state index < -0.39 is 15.9 Å². The minimum absolute atomic E-state index is 0.334. The number of carbonyl (C=O) groups is 1. The summed E-state index contributed by atoms with van der Waals surface area (Å²) in [6.07, 6.45) is 1.08. The van der Waals surface area contributed by atoms with Crippen LogP contribution in [0.15, 0.2) is 42.5 Å². The number of rotatable bonds is 8. The van der Waals surface area contributed by atoms with Crippen LogP contribution in [0.4, 0.5) is 11.4 Å². The first-order valence-electron chi connectivity index (χ1n) is 8.40. The van der Waals surface area contributed by atoms with Gasteiger partial charge in [-0.1, -0.05) is 18.2 Å². The van der Waals surface area contributed by atoms with Gasteiger partial charge in [-0.2, -0.15) is 0 Å². The van der Waals surface area contributed by atoms with E-state index in [1.807, 2.05) is 13.0 Å². The molecule has 0 atom stereocenters. The Bertz CT molecular complexity index is 912. The molecule has 2 rings (SSSR count). The van der Waals surface area contributed by atoms with Crippen molar-refractivity contribution in [1.29, 1.82) is 0 Å². The van der Waals surface area contributed by atoms with Gasteiger partial charge in [0, 0.05) is 11.8 Å². The van der Waals surface area contributed by atoms with Crippen LogP contribution in [-0.4, -0.2) is 40.8 Å². The smallest absolute Gasteiger partial charge is 0.245 e. The van der Waals surface area contributed by atoms with E-state index in [2.05, 4.69) is 5.32 Å². The fourth-order valence-corrected chi connectivity index (χ4v) is 3.49. The van der Waals surface area contributed by atoms with E-state index in [1.54, 1.807) is 43.3 Å². The van der Waals surface area contributed by atoms with Gasteiger partial charge in [0.25, 0.3) is 0 Å². The number of carbonyl (C=O) groups excluding carboxylic acids is 1. The van der Waals surface area contributed by atoms with Crippen molar-refractivity contribution in [2.24, 2.45) is 0 Å². The quantitative estimate of drug-likeness (QED) is 0.747. The van der Waals surface area contributed by atoms with E-state index >= 15 is 0 Å². The molecule has 1 N–H and O–H groups in total. The van der Waals surface area contributed by atoms with Gasteiger partial charge in [-0.15, -0.1) is 0 Å². The fourth-order valence-electron chi connectivity index (χ4n) is 2.58. The van der Waals surface area contributed by atoms with Crippen LogP contribution in [0.25, 0.3) is 0 Å². The number of hydrogen-bond donors (Lipinski definition) is 1. The molecule has 0 aromatic heterocycles. The molecular formula is C19H24N2O5S. The van der Waals surface area contributed by atoms with Crippen molar-refractivity contribution in [3.63, 3.8) is 0 Å². The summed E-state index contributed by atoms with van der Waals surface area (Å²) in [6.45, 7) is 3.81. The molecule has 0 fully saturated rings. The van der Waals surface area contributed by atoms with Crippen LogP contribution < -0.4 is 19.1 Å². The van der Waals surface area contributed by atoms with Gasteiger partial charge in [-0.3, -0.25) is 9.10 Å². The highest BCUT2D eigenvalue weighted by Crippen LogP contribution is 2.30. The van der Waals surface area contributed by atoms with E-state index in [9.17, 15) is 13.2 Å². The number of sulfonamides is 1. The van der Waals surface area contributed by atoms with Crippen LogP contribution >= 0.6 is 0 Å². The largest absolute Gasteiger partial charge is 0.493 e. The van der Waals surface area contributed by atoms with Gasteiger partial charge in [-0.05, 0) is 37.6 Å². The third kappa shape index (κ3) is 5.37. The van der Waals surface area contributed by atoms with E-state index in [0.717, 1.165) is 16.1 Å². The molecule has 8 heteroatoms. The third-order valence-electron chi connectivity index (χ3n) is 3.82. The van der Waals surface area contributed by atoms with E-state index in [-0.39, 0.29) is 6.54 Å². The molecule has 0 unspecified atom stereocenters.